The Labute approximate surface area is 113 Å². The topological polar surface area (TPSA) is 52.6 Å². The number of hydrogen-bond acceptors (Lipinski definition) is 4. The zero-order chi connectivity index (χ0) is 14.3. The normalized spacial score (nSPS) is 10.7. The van der Waals surface area contributed by atoms with Crippen molar-refractivity contribution < 1.29 is 19.1 Å². The molecule has 0 amide bonds. The van der Waals surface area contributed by atoms with Crippen molar-refractivity contribution in [3.8, 4) is 0 Å². The summed E-state index contributed by atoms with van der Waals surface area (Å²) < 4.78 is 9.59. The zero-order valence-corrected chi connectivity index (χ0v) is 11.4. The lowest BCUT2D eigenvalue weighted by Crippen LogP contribution is -2.18. The predicted octanol–water partition coefficient (Wildman–Crippen LogP) is 2.50. The van der Waals surface area contributed by atoms with Crippen LogP contribution in [-0.2, 0) is 19.1 Å². The van der Waals surface area contributed by atoms with Crippen LogP contribution in [0.15, 0.2) is 30.3 Å². The molecule has 0 spiro atoms. The van der Waals surface area contributed by atoms with Gasteiger partial charge in [0.05, 0.1) is 6.10 Å². The van der Waals surface area contributed by atoms with E-state index in [1.54, 1.807) is 19.9 Å². The smallest absolute Gasteiger partial charge is 0.344 e. The molecule has 0 N–H and O–H groups in total. The third-order valence-corrected chi connectivity index (χ3v) is 2.19. The Balaban J connectivity index is 2.39. The molecule has 0 saturated heterocycles. The van der Waals surface area contributed by atoms with Gasteiger partial charge in [0, 0.05) is 6.08 Å². The number of aryl methyl sites for hydroxylation is 1. The van der Waals surface area contributed by atoms with E-state index in [1.807, 2.05) is 31.2 Å². The first-order valence-electron chi connectivity index (χ1n) is 6.08. The molecule has 0 fully saturated rings. The van der Waals surface area contributed by atoms with Crippen LogP contribution < -0.4 is 0 Å². The van der Waals surface area contributed by atoms with E-state index in [4.69, 9.17) is 9.47 Å². The Morgan fingerprint density at radius 3 is 2.42 bits per heavy atom. The van der Waals surface area contributed by atoms with E-state index in [0.717, 1.165) is 11.1 Å². The summed E-state index contributed by atoms with van der Waals surface area (Å²) in [4.78, 5) is 22.5. The molecule has 0 unspecified atom stereocenters. The van der Waals surface area contributed by atoms with E-state index >= 15 is 0 Å². The molecule has 0 aliphatic heterocycles. The summed E-state index contributed by atoms with van der Waals surface area (Å²) in [6, 6.07) is 7.69. The molecule has 4 heteroatoms. The van der Waals surface area contributed by atoms with E-state index in [1.165, 1.54) is 6.08 Å². The van der Waals surface area contributed by atoms with Gasteiger partial charge in [-0.05, 0) is 32.4 Å². The van der Waals surface area contributed by atoms with Crippen LogP contribution >= 0.6 is 0 Å². The second-order valence-electron chi connectivity index (χ2n) is 4.39. The molecule has 4 nitrogen and oxygen atoms in total. The summed E-state index contributed by atoms with van der Waals surface area (Å²) in [6.45, 7) is 5.09. The first-order valence-corrected chi connectivity index (χ1v) is 6.08. The Morgan fingerprint density at radius 1 is 1.21 bits per heavy atom. The molecule has 1 rings (SSSR count). The lowest BCUT2D eigenvalue weighted by atomic mass is 10.1. The van der Waals surface area contributed by atoms with Gasteiger partial charge in [-0.25, -0.2) is 9.59 Å². The summed E-state index contributed by atoms with van der Waals surface area (Å²) in [5, 5.41) is 0. The summed E-state index contributed by atoms with van der Waals surface area (Å²) in [5.74, 6) is -1.12. The molecule has 102 valence electrons. The van der Waals surface area contributed by atoms with Crippen molar-refractivity contribution in [3.05, 3.63) is 41.5 Å². The first-order chi connectivity index (χ1) is 8.97. The quantitative estimate of drug-likeness (QED) is 0.604. The van der Waals surface area contributed by atoms with Crippen molar-refractivity contribution >= 4 is 18.0 Å². The monoisotopic (exact) mass is 262 g/mol. The van der Waals surface area contributed by atoms with Gasteiger partial charge in [0.15, 0.2) is 6.61 Å². The Hall–Kier alpha value is -2.10. The fraction of sp³-hybridized carbons (Fsp3) is 0.333. The first kappa shape index (κ1) is 15.0. The molecule has 0 aromatic heterocycles. The van der Waals surface area contributed by atoms with Crippen LogP contribution in [0.2, 0.25) is 0 Å². The van der Waals surface area contributed by atoms with E-state index in [0.29, 0.717) is 0 Å². The van der Waals surface area contributed by atoms with Crippen molar-refractivity contribution in [2.75, 3.05) is 6.61 Å². The standard InChI is InChI=1S/C15H18O4/c1-11(2)19-15(17)10-18-14(16)9-8-13-6-4-12(3)5-7-13/h4-9,11H,10H2,1-3H3/b9-8+. The molecular weight excluding hydrogens is 244 g/mol. The molecule has 0 aliphatic rings. The van der Waals surface area contributed by atoms with Crippen LogP contribution in [-0.4, -0.2) is 24.6 Å². The van der Waals surface area contributed by atoms with Gasteiger partial charge in [-0.2, -0.15) is 0 Å². The Bertz CT molecular complexity index is 458. The molecule has 0 saturated carbocycles. The van der Waals surface area contributed by atoms with Crippen molar-refractivity contribution in [1.29, 1.82) is 0 Å². The highest BCUT2D eigenvalue weighted by molar-refractivity contribution is 5.88. The SMILES string of the molecule is Cc1ccc(/C=C/C(=O)OCC(=O)OC(C)C)cc1. The number of ether oxygens (including phenoxy) is 2. The second kappa shape index (κ2) is 7.36. The lowest BCUT2D eigenvalue weighted by Gasteiger charge is -2.07. The van der Waals surface area contributed by atoms with Gasteiger partial charge in [-0.3, -0.25) is 0 Å². The van der Waals surface area contributed by atoms with Crippen LogP contribution in [0.5, 0.6) is 0 Å². The van der Waals surface area contributed by atoms with Crippen molar-refractivity contribution in [3.63, 3.8) is 0 Å². The number of hydrogen-bond donors (Lipinski definition) is 0. The maximum absolute atomic E-state index is 11.4. The van der Waals surface area contributed by atoms with Gasteiger partial charge in [-0.15, -0.1) is 0 Å². The fourth-order valence-electron chi connectivity index (χ4n) is 1.32. The molecule has 0 radical (unpaired) electrons. The minimum atomic E-state index is -0.568. The van der Waals surface area contributed by atoms with Crippen molar-refractivity contribution in [2.24, 2.45) is 0 Å². The Morgan fingerprint density at radius 2 is 1.84 bits per heavy atom. The number of rotatable bonds is 5. The van der Waals surface area contributed by atoms with Gasteiger partial charge in [0.25, 0.3) is 0 Å². The third-order valence-electron chi connectivity index (χ3n) is 2.19. The fourth-order valence-corrected chi connectivity index (χ4v) is 1.32. The van der Waals surface area contributed by atoms with Gasteiger partial charge in [-0.1, -0.05) is 29.8 Å². The molecule has 0 heterocycles. The lowest BCUT2D eigenvalue weighted by molar-refractivity contribution is -0.158. The maximum atomic E-state index is 11.4. The number of benzene rings is 1. The molecule has 1 aromatic carbocycles. The van der Waals surface area contributed by atoms with Crippen LogP contribution in [0.4, 0.5) is 0 Å². The molecule has 1 aromatic rings. The summed E-state index contributed by atoms with van der Waals surface area (Å²) in [5.41, 5.74) is 2.04. The number of carbonyl (C=O) groups excluding carboxylic acids is 2. The molecule has 0 bridgehead atoms. The van der Waals surface area contributed by atoms with Crippen molar-refractivity contribution in [1.82, 2.24) is 0 Å². The summed E-state index contributed by atoms with van der Waals surface area (Å²) in [7, 11) is 0. The van der Waals surface area contributed by atoms with Crippen LogP contribution in [0, 0.1) is 6.92 Å². The maximum Gasteiger partial charge on any atom is 0.344 e. The summed E-state index contributed by atoms with van der Waals surface area (Å²) >= 11 is 0. The van der Waals surface area contributed by atoms with E-state index < -0.39 is 11.9 Å². The van der Waals surface area contributed by atoms with E-state index in [-0.39, 0.29) is 12.7 Å². The average Bonchev–Trinajstić information content (AvgIpc) is 2.35. The van der Waals surface area contributed by atoms with Crippen LogP contribution in [0.1, 0.15) is 25.0 Å². The van der Waals surface area contributed by atoms with Gasteiger partial charge >= 0.3 is 11.9 Å². The molecule has 19 heavy (non-hydrogen) atoms. The summed E-state index contributed by atoms with van der Waals surface area (Å²) in [6.07, 6.45) is 2.71. The zero-order valence-electron chi connectivity index (χ0n) is 11.4. The minimum absolute atomic E-state index is 0.214. The van der Waals surface area contributed by atoms with Gasteiger partial charge in [0.1, 0.15) is 0 Å². The molecular formula is C15H18O4. The molecule has 0 aliphatic carbocycles. The Kier molecular flexibility index (Phi) is 5.79. The van der Waals surface area contributed by atoms with Gasteiger partial charge in [0.2, 0.25) is 0 Å². The third kappa shape index (κ3) is 6.41. The average molecular weight is 262 g/mol. The molecule has 0 atom stereocenters. The minimum Gasteiger partial charge on any atom is -0.460 e. The predicted molar refractivity (Wildman–Crippen MR) is 72.4 cm³/mol. The van der Waals surface area contributed by atoms with Crippen LogP contribution in [0.25, 0.3) is 6.08 Å². The van der Waals surface area contributed by atoms with E-state index in [2.05, 4.69) is 0 Å². The largest absolute Gasteiger partial charge is 0.460 e. The highest BCUT2D eigenvalue weighted by Gasteiger charge is 2.07. The van der Waals surface area contributed by atoms with Crippen molar-refractivity contribution in [2.45, 2.75) is 26.9 Å². The number of carbonyl (C=O) groups is 2. The number of esters is 2. The van der Waals surface area contributed by atoms with Crippen LogP contribution in [0.3, 0.4) is 0 Å². The highest BCUT2D eigenvalue weighted by Crippen LogP contribution is 2.05. The highest BCUT2D eigenvalue weighted by atomic mass is 16.6. The van der Waals surface area contributed by atoms with Gasteiger partial charge < -0.3 is 9.47 Å². The second-order valence-corrected chi connectivity index (χ2v) is 4.39. The van der Waals surface area contributed by atoms with E-state index in [9.17, 15) is 9.59 Å².